The second kappa shape index (κ2) is 7.49. The zero-order chi connectivity index (χ0) is 18.0. The summed E-state index contributed by atoms with van der Waals surface area (Å²) in [5, 5.41) is 13.1. The summed E-state index contributed by atoms with van der Waals surface area (Å²) < 4.78 is 5.56. The predicted octanol–water partition coefficient (Wildman–Crippen LogP) is 2.23. The lowest BCUT2D eigenvalue weighted by Gasteiger charge is -2.28. The van der Waals surface area contributed by atoms with E-state index in [9.17, 15) is 19.5 Å². The Balaban J connectivity index is 1.78. The molecular formula is C18H21NO5S. The highest BCUT2D eigenvalue weighted by Crippen LogP contribution is 2.34. The number of esters is 1. The van der Waals surface area contributed by atoms with E-state index in [1.807, 2.05) is 16.8 Å². The van der Waals surface area contributed by atoms with Gasteiger partial charge < -0.3 is 15.6 Å². The molecule has 3 rings (SSSR count). The van der Waals surface area contributed by atoms with Gasteiger partial charge in [0.1, 0.15) is 6.10 Å². The monoisotopic (exact) mass is 363 g/mol. The van der Waals surface area contributed by atoms with Crippen molar-refractivity contribution in [3.63, 3.8) is 0 Å². The first-order chi connectivity index (χ1) is 12.0. The second-order valence-corrected chi connectivity index (χ2v) is 7.42. The van der Waals surface area contributed by atoms with Gasteiger partial charge in [-0.2, -0.15) is 11.3 Å². The number of carbonyl (C=O) groups is 3. The molecule has 0 amide bonds. The molecule has 4 unspecified atom stereocenters. The van der Waals surface area contributed by atoms with E-state index in [0.29, 0.717) is 18.4 Å². The average molecular weight is 363 g/mol. The van der Waals surface area contributed by atoms with Crippen LogP contribution in [0, 0.1) is 11.8 Å². The van der Waals surface area contributed by atoms with Crippen molar-refractivity contribution in [2.24, 2.45) is 17.6 Å². The van der Waals surface area contributed by atoms with Gasteiger partial charge in [-0.15, -0.1) is 0 Å². The van der Waals surface area contributed by atoms with Crippen molar-refractivity contribution < 1.29 is 24.2 Å². The van der Waals surface area contributed by atoms with Gasteiger partial charge in [0, 0.05) is 12.0 Å². The molecule has 0 spiro atoms. The van der Waals surface area contributed by atoms with Crippen molar-refractivity contribution in [1.29, 1.82) is 0 Å². The van der Waals surface area contributed by atoms with E-state index in [2.05, 4.69) is 0 Å². The van der Waals surface area contributed by atoms with Crippen LogP contribution in [0.25, 0.3) is 6.08 Å². The van der Waals surface area contributed by atoms with Crippen molar-refractivity contribution in [1.82, 2.24) is 0 Å². The normalized spacial score (nSPS) is 31.2. The SMILES string of the molecule is NC1CC(=O)/C(=C\c2ccsc2)C1OC(=O)C1CCCCC1C(=O)O. The number of hydrogen-bond acceptors (Lipinski definition) is 6. The number of thiophene rings is 1. The molecule has 0 aliphatic heterocycles. The number of nitrogens with two attached hydrogens (primary N) is 1. The molecule has 0 aromatic carbocycles. The summed E-state index contributed by atoms with van der Waals surface area (Å²) in [5.74, 6) is -3.05. The molecule has 2 fully saturated rings. The lowest BCUT2D eigenvalue weighted by atomic mass is 9.79. The molecule has 25 heavy (non-hydrogen) atoms. The Labute approximate surface area is 149 Å². The predicted molar refractivity (Wildman–Crippen MR) is 92.9 cm³/mol. The fraction of sp³-hybridized carbons (Fsp3) is 0.500. The minimum Gasteiger partial charge on any atom is -0.481 e. The highest BCUT2D eigenvalue weighted by atomic mass is 32.1. The van der Waals surface area contributed by atoms with E-state index >= 15 is 0 Å². The lowest BCUT2D eigenvalue weighted by Crippen LogP contribution is -2.39. The number of ketones is 1. The first kappa shape index (κ1) is 17.8. The second-order valence-electron chi connectivity index (χ2n) is 6.64. The third-order valence-electron chi connectivity index (χ3n) is 4.93. The van der Waals surface area contributed by atoms with Crippen LogP contribution in [-0.4, -0.2) is 35.0 Å². The standard InChI is InChI=1S/C18H21NO5S/c19-14-8-15(20)13(7-10-5-6-25-9-10)16(14)24-18(23)12-4-2-1-3-11(12)17(21)22/h5-7,9,11-12,14,16H,1-4,8,19H2,(H,21,22)/b13-7+. The summed E-state index contributed by atoms with van der Waals surface area (Å²) in [7, 11) is 0. The number of ether oxygens (including phenoxy) is 1. The smallest absolute Gasteiger partial charge is 0.310 e. The highest BCUT2D eigenvalue weighted by Gasteiger charge is 2.42. The molecule has 1 aromatic heterocycles. The molecule has 134 valence electrons. The van der Waals surface area contributed by atoms with Crippen LogP contribution in [0.1, 0.15) is 37.7 Å². The molecule has 1 aromatic rings. The van der Waals surface area contributed by atoms with Gasteiger partial charge >= 0.3 is 11.9 Å². The quantitative estimate of drug-likeness (QED) is 0.627. The molecule has 0 saturated heterocycles. The van der Waals surface area contributed by atoms with Gasteiger partial charge in [-0.3, -0.25) is 14.4 Å². The summed E-state index contributed by atoms with van der Waals surface area (Å²) in [6.45, 7) is 0. The fourth-order valence-corrected chi connectivity index (χ4v) is 4.22. The van der Waals surface area contributed by atoms with Crippen molar-refractivity contribution in [2.75, 3.05) is 0 Å². The third kappa shape index (κ3) is 3.82. The van der Waals surface area contributed by atoms with Gasteiger partial charge in [0.25, 0.3) is 0 Å². The Morgan fingerprint density at radius 2 is 2.00 bits per heavy atom. The number of rotatable bonds is 4. The van der Waals surface area contributed by atoms with Crippen molar-refractivity contribution in [3.8, 4) is 0 Å². The molecule has 2 aliphatic rings. The van der Waals surface area contributed by atoms with Crippen LogP contribution < -0.4 is 5.73 Å². The zero-order valence-corrected chi connectivity index (χ0v) is 14.5. The van der Waals surface area contributed by atoms with Crippen LogP contribution in [0.2, 0.25) is 0 Å². The van der Waals surface area contributed by atoms with Crippen molar-refractivity contribution >= 4 is 35.1 Å². The Hall–Kier alpha value is -1.99. The van der Waals surface area contributed by atoms with Crippen molar-refractivity contribution in [2.45, 2.75) is 44.2 Å². The average Bonchev–Trinajstić information content (AvgIpc) is 3.18. The molecule has 0 bridgehead atoms. The lowest BCUT2D eigenvalue weighted by molar-refractivity contribution is -0.162. The van der Waals surface area contributed by atoms with Crippen LogP contribution in [0.5, 0.6) is 0 Å². The first-order valence-corrected chi connectivity index (χ1v) is 9.37. The minimum absolute atomic E-state index is 0.126. The van der Waals surface area contributed by atoms with E-state index < -0.39 is 35.9 Å². The molecule has 7 heteroatoms. The Bertz CT molecular complexity index is 696. The zero-order valence-electron chi connectivity index (χ0n) is 13.7. The number of aliphatic carboxylic acids is 1. The Morgan fingerprint density at radius 1 is 1.28 bits per heavy atom. The van der Waals surface area contributed by atoms with Gasteiger partial charge in [-0.05, 0) is 41.3 Å². The van der Waals surface area contributed by atoms with Crippen LogP contribution >= 0.6 is 11.3 Å². The number of hydrogen-bond donors (Lipinski definition) is 2. The van der Waals surface area contributed by atoms with Crippen LogP contribution in [-0.2, 0) is 19.1 Å². The van der Waals surface area contributed by atoms with Crippen LogP contribution in [0.3, 0.4) is 0 Å². The Kier molecular flexibility index (Phi) is 5.34. The molecule has 2 saturated carbocycles. The maximum atomic E-state index is 12.6. The minimum atomic E-state index is -0.970. The van der Waals surface area contributed by atoms with E-state index in [0.717, 1.165) is 18.4 Å². The molecule has 0 radical (unpaired) electrons. The summed E-state index contributed by atoms with van der Waals surface area (Å²) in [5.41, 5.74) is 7.26. The largest absolute Gasteiger partial charge is 0.481 e. The maximum Gasteiger partial charge on any atom is 0.310 e. The van der Waals surface area contributed by atoms with Gasteiger partial charge in [0.15, 0.2) is 5.78 Å². The van der Waals surface area contributed by atoms with Gasteiger partial charge in [0.05, 0.1) is 17.9 Å². The number of carboxylic acids is 1. The van der Waals surface area contributed by atoms with Gasteiger partial charge in [-0.25, -0.2) is 0 Å². The van der Waals surface area contributed by atoms with Crippen LogP contribution in [0.4, 0.5) is 0 Å². The van der Waals surface area contributed by atoms with Gasteiger partial charge in [-0.1, -0.05) is 12.8 Å². The molecule has 1 heterocycles. The molecule has 6 nitrogen and oxygen atoms in total. The van der Waals surface area contributed by atoms with Crippen molar-refractivity contribution in [3.05, 3.63) is 28.0 Å². The number of Topliss-reactive ketones (excluding diaryl/α,β-unsaturated/α-hetero) is 1. The van der Waals surface area contributed by atoms with E-state index in [-0.39, 0.29) is 12.2 Å². The summed E-state index contributed by atoms with van der Waals surface area (Å²) in [4.78, 5) is 36.2. The number of carbonyl (C=O) groups excluding carboxylic acids is 2. The summed E-state index contributed by atoms with van der Waals surface area (Å²) in [6.07, 6.45) is 3.59. The molecule has 3 N–H and O–H groups in total. The maximum absolute atomic E-state index is 12.6. The Morgan fingerprint density at radius 3 is 2.64 bits per heavy atom. The highest BCUT2D eigenvalue weighted by molar-refractivity contribution is 7.08. The molecule has 2 aliphatic carbocycles. The number of carboxylic acid groups (broad SMARTS) is 1. The van der Waals surface area contributed by atoms with E-state index in [4.69, 9.17) is 10.5 Å². The molecule has 4 atom stereocenters. The van der Waals surface area contributed by atoms with Crippen LogP contribution in [0.15, 0.2) is 22.4 Å². The first-order valence-electron chi connectivity index (χ1n) is 8.43. The van der Waals surface area contributed by atoms with Gasteiger partial charge in [0.2, 0.25) is 0 Å². The third-order valence-corrected chi connectivity index (χ3v) is 5.63. The van der Waals surface area contributed by atoms with E-state index in [1.54, 1.807) is 6.08 Å². The topological polar surface area (TPSA) is 107 Å². The summed E-state index contributed by atoms with van der Waals surface area (Å²) >= 11 is 1.51. The molecular weight excluding hydrogens is 342 g/mol. The summed E-state index contributed by atoms with van der Waals surface area (Å²) in [6, 6.07) is 1.28. The fourth-order valence-electron chi connectivity index (χ4n) is 3.60. The van der Waals surface area contributed by atoms with E-state index in [1.165, 1.54) is 11.3 Å².